The Morgan fingerprint density at radius 1 is 1.16 bits per heavy atom. The number of aliphatic hydroxyl groups is 1. The highest BCUT2D eigenvalue weighted by molar-refractivity contribution is 5.26. The molecule has 4 saturated carbocycles. The van der Waals surface area contributed by atoms with Crippen molar-refractivity contribution in [2.45, 2.75) is 57.2 Å². The maximum absolute atomic E-state index is 14.8. The van der Waals surface area contributed by atoms with E-state index >= 15 is 0 Å². The molecule has 2 unspecified atom stereocenters. The Hall–Kier alpha value is -1.86. The lowest BCUT2D eigenvalue weighted by atomic mass is 9.50. The molecule has 4 fully saturated rings. The van der Waals surface area contributed by atoms with E-state index in [1.165, 1.54) is 61.6 Å². The molecule has 168 valence electrons. The van der Waals surface area contributed by atoms with Crippen molar-refractivity contribution in [1.82, 2.24) is 19.7 Å². The molecule has 4 bridgehead atoms. The van der Waals surface area contributed by atoms with E-state index in [1.54, 1.807) is 0 Å². The van der Waals surface area contributed by atoms with Crippen molar-refractivity contribution in [3.8, 4) is 0 Å². The highest BCUT2D eigenvalue weighted by Crippen LogP contribution is 2.57. The van der Waals surface area contributed by atoms with Crippen molar-refractivity contribution in [3.63, 3.8) is 0 Å². The van der Waals surface area contributed by atoms with Crippen molar-refractivity contribution in [1.29, 1.82) is 0 Å². The molecule has 0 amide bonds. The van der Waals surface area contributed by atoms with Gasteiger partial charge in [-0.1, -0.05) is 6.07 Å². The first-order chi connectivity index (χ1) is 14.8. The Bertz CT molecular complexity index is 892. The molecule has 0 aliphatic heterocycles. The number of rotatable bonds is 7. The van der Waals surface area contributed by atoms with Crippen molar-refractivity contribution in [3.05, 3.63) is 48.1 Å². The summed E-state index contributed by atoms with van der Waals surface area (Å²) in [5.41, 5.74) is -1.46. The monoisotopic (exact) mass is 430 g/mol. The first-order valence-corrected chi connectivity index (χ1v) is 11.5. The summed E-state index contributed by atoms with van der Waals surface area (Å²) in [5, 5.41) is 15.8. The van der Waals surface area contributed by atoms with Crippen LogP contribution >= 0.6 is 0 Å². The SMILES string of the molecule is CC(C1C2CC3CC(C2)CC1C3)N(C)CC(O)(Cn1cncn1)c1ccc(F)cc1F. The van der Waals surface area contributed by atoms with E-state index in [9.17, 15) is 13.9 Å². The molecule has 1 N–H and O–H groups in total. The molecule has 6 rings (SSSR count). The van der Waals surface area contributed by atoms with E-state index < -0.39 is 17.2 Å². The van der Waals surface area contributed by atoms with Gasteiger partial charge in [0.15, 0.2) is 0 Å². The molecule has 4 aliphatic rings. The van der Waals surface area contributed by atoms with Gasteiger partial charge in [0.2, 0.25) is 0 Å². The van der Waals surface area contributed by atoms with Gasteiger partial charge in [0.05, 0.1) is 6.54 Å². The van der Waals surface area contributed by atoms with Crippen LogP contribution in [0, 0.1) is 41.2 Å². The van der Waals surface area contributed by atoms with Gasteiger partial charge < -0.3 is 10.0 Å². The predicted molar refractivity (Wildman–Crippen MR) is 113 cm³/mol. The molecule has 7 heteroatoms. The first-order valence-electron chi connectivity index (χ1n) is 11.5. The summed E-state index contributed by atoms with van der Waals surface area (Å²) in [6.07, 6.45) is 9.68. The largest absolute Gasteiger partial charge is 0.382 e. The van der Waals surface area contributed by atoms with E-state index in [0.717, 1.165) is 29.7 Å². The highest BCUT2D eigenvalue weighted by atomic mass is 19.1. The van der Waals surface area contributed by atoms with Crippen LogP contribution in [0.4, 0.5) is 8.78 Å². The Morgan fingerprint density at radius 2 is 1.84 bits per heavy atom. The fourth-order valence-corrected chi connectivity index (χ4v) is 7.28. The molecule has 2 aromatic rings. The summed E-state index contributed by atoms with van der Waals surface area (Å²) >= 11 is 0. The molecule has 0 saturated heterocycles. The van der Waals surface area contributed by atoms with Crippen LogP contribution in [0.25, 0.3) is 0 Å². The zero-order valence-corrected chi connectivity index (χ0v) is 18.3. The molecular weight excluding hydrogens is 398 g/mol. The van der Waals surface area contributed by atoms with Crippen LogP contribution in [0.3, 0.4) is 0 Å². The second kappa shape index (κ2) is 7.93. The lowest BCUT2D eigenvalue weighted by molar-refractivity contribution is -0.0847. The summed E-state index contributed by atoms with van der Waals surface area (Å²) in [5.74, 6) is 2.58. The van der Waals surface area contributed by atoms with E-state index in [2.05, 4.69) is 21.9 Å². The molecule has 0 spiro atoms. The van der Waals surface area contributed by atoms with Crippen molar-refractivity contribution >= 4 is 0 Å². The third kappa shape index (κ3) is 3.91. The van der Waals surface area contributed by atoms with Crippen LogP contribution in [0.2, 0.25) is 0 Å². The molecular formula is C24H32F2N4O. The topological polar surface area (TPSA) is 54.2 Å². The second-order valence-electron chi connectivity index (χ2n) is 10.4. The third-order valence-corrected chi connectivity index (χ3v) is 8.39. The number of likely N-dealkylation sites (N-methyl/N-ethyl adjacent to an activating group) is 1. The Labute approximate surface area is 182 Å². The highest BCUT2D eigenvalue weighted by Gasteiger charge is 2.50. The average Bonchev–Trinajstić information content (AvgIpc) is 3.19. The zero-order chi connectivity index (χ0) is 21.8. The van der Waals surface area contributed by atoms with Crippen molar-refractivity contribution in [2.75, 3.05) is 13.6 Å². The second-order valence-corrected chi connectivity index (χ2v) is 10.4. The van der Waals surface area contributed by atoms with Gasteiger partial charge in [0.25, 0.3) is 0 Å². The van der Waals surface area contributed by atoms with Gasteiger partial charge >= 0.3 is 0 Å². The van der Waals surface area contributed by atoms with E-state index in [4.69, 9.17) is 0 Å². The summed E-state index contributed by atoms with van der Waals surface area (Å²) in [7, 11) is 2.02. The number of nitrogens with zero attached hydrogens (tertiary/aromatic N) is 4. The maximum Gasteiger partial charge on any atom is 0.137 e. The van der Waals surface area contributed by atoms with Gasteiger partial charge in [-0.05, 0) is 81.7 Å². The quantitative estimate of drug-likeness (QED) is 0.725. The zero-order valence-electron chi connectivity index (χ0n) is 18.3. The normalized spacial score (nSPS) is 32.4. The summed E-state index contributed by atoms with van der Waals surface area (Å²) in [6.45, 7) is 2.54. The van der Waals surface area contributed by atoms with Crippen molar-refractivity contribution < 1.29 is 13.9 Å². The minimum absolute atomic E-state index is 0.0499. The van der Waals surface area contributed by atoms with Crippen LogP contribution in [0.15, 0.2) is 30.9 Å². The van der Waals surface area contributed by atoms with E-state index in [0.29, 0.717) is 5.92 Å². The molecule has 5 nitrogen and oxygen atoms in total. The van der Waals surface area contributed by atoms with E-state index in [-0.39, 0.29) is 24.7 Å². The molecule has 0 radical (unpaired) electrons. The molecule has 1 heterocycles. The Balaban J connectivity index is 1.39. The number of aromatic nitrogens is 3. The fraction of sp³-hybridized carbons (Fsp3) is 0.667. The summed E-state index contributed by atoms with van der Waals surface area (Å²) < 4.78 is 29.8. The summed E-state index contributed by atoms with van der Waals surface area (Å²) in [4.78, 5) is 6.12. The molecule has 1 aromatic carbocycles. The van der Waals surface area contributed by atoms with Crippen LogP contribution in [0.5, 0.6) is 0 Å². The van der Waals surface area contributed by atoms with Crippen molar-refractivity contribution in [2.24, 2.45) is 29.6 Å². The lowest BCUT2D eigenvalue weighted by Crippen LogP contribution is -2.54. The van der Waals surface area contributed by atoms with Gasteiger partial charge in [-0.15, -0.1) is 0 Å². The summed E-state index contributed by atoms with van der Waals surface area (Å²) in [6, 6.07) is 3.67. The molecule has 31 heavy (non-hydrogen) atoms. The number of hydrogen-bond donors (Lipinski definition) is 1. The van der Waals surface area contributed by atoms with Crippen LogP contribution in [-0.2, 0) is 12.1 Å². The van der Waals surface area contributed by atoms with Gasteiger partial charge in [0.1, 0.15) is 29.9 Å². The van der Waals surface area contributed by atoms with Gasteiger partial charge in [-0.3, -0.25) is 0 Å². The van der Waals surface area contributed by atoms with Gasteiger partial charge in [0, 0.05) is 24.2 Å². The maximum atomic E-state index is 14.8. The molecule has 1 aromatic heterocycles. The Kier molecular flexibility index (Phi) is 5.37. The minimum atomic E-state index is -1.56. The van der Waals surface area contributed by atoms with Gasteiger partial charge in [-0.2, -0.15) is 5.10 Å². The molecule has 2 atom stereocenters. The fourth-order valence-electron chi connectivity index (χ4n) is 7.28. The molecule has 4 aliphatic carbocycles. The number of benzene rings is 1. The predicted octanol–water partition coefficient (Wildman–Crippen LogP) is 3.84. The third-order valence-electron chi connectivity index (χ3n) is 8.39. The van der Waals surface area contributed by atoms with Crippen LogP contribution in [-0.4, -0.2) is 44.4 Å². The number of hydrogen-bond acceptors (Lipinski definition) is 4. The average molecular weight is 431 g/mol. The lowest BCUT2D eigenvalue weighted by Gasteiger charge is -2.57. The van der Waals surface area contributed by atoms with Gasteiger partial charge in [-0.25, -0.2) is 18.4 Å². The first kappa shape index (κ1) is 21.0. The number of halogens is 2. The smallest absolute Gasteiger partial charge is 0.137 e. The Morgan fingerprint density at radius 3 is 2.42 bits per heavy atom. The minimum Gasteiger partial charge on any atom is -0.382 e. The van der Waals surface area contributed by atoms with Crippen LogP contribution in [0.1, 0.15) is 44.6 Å². The standard InChI is InChI=1S/C24H32F2N4O/c1-15(23-18-6-16-5-17(8-18)9-19(23)7-16)29(2)11-24(31,12-30-14-27-13-28-30)21-4-3-20(25)10-22(21)26/h3-4,10,13-19,23,31H,5-9,11-12H2,1-2H3. The van der Waals surface area contributed by atoms with E-state index in [1.807, 2.05) is 7.05 Å². The van der Waals surface area contributed by atoms with Crippen LogP contribution < -0.4 is 0 Å².